The summed E-state index contributed by atoms with van der Waals surface area (Å²) in [6, 6.07) is 0.674. The smallest absolute Gasteiger partial charge is 0.114 e. The SMILES string of the molecule is CN1CCCCC1Cn1c(C(C)(C)C)nc2c1CCNC2. The lowest BCUT2D eigenvalue weighted by Gasteiger charge is -2.34. The molecular formula is C17H30N4. The van der Waals surface area contributed by atoms with Gasteiger partial charge in [-0.3, -0.25) is 0 Å². The van der Waals surface area contributed by atoms with Crippen molar-refractivity contribution >= 4 is 0 Å². The topological polar surface area (TPSA) is 33.1 Å². The highest BCUT2D eigenvalue weighted by atomic mass is 15.2. The molecule has 0 spiro atoms. The second kappa shape index (κ2) is 5.73. The van der Waals surface area contributed by atoms with Gasteiger partial charge in [-0.2, -0.15) is 0 Å². The number of hydrogen-bond donors (Lipinski definition) is 1. The van der Waals surface area contributed by atoms with Crippen LogP contribution in [0.3, 0.4) is 0 Å². The number of rotatable bonds is 2. The average molecular weight is 290 g/mol. The quantitative estimate of drug-likeness (QED) is 0.907. The molecule has 118 valence electrons. The first-order valence-corrected chi connectivity index (χ1v) is 8.46. The predicted molar refractivity (Wildman–Crippen MR) is 86.6 cm³/mol. The van der Waals surface area contributed by atoms with Crippen LogP contribution in [0, 0.1) is 0 Å². The molecule has 0 bridgehead atoms. The molecule has 1 aromatic rings. The number of piperidine rings is 1. The molecule has 4 heteroatoms. The van der Waals surface area contributed by atoms with Crippen LogP contribution in [0.1, 0.15) is 57.2 Å². The van der Waals surface area contributed by atoms with Crippen LogP contribution in [0.15, 0.2) is 0 Å². The van der Waals surface area contributed by atoms with Crippen LogP contribution in [-0.2, 0) is 24.9 Å². The van der Waals surface area contributed by atoms with Gasteiger partial charge in [-0.25, -0.2) is 4.98 Å². The summed E-state index contributed by atoms with van der Waals surface area (Å²) in [6.45, 7) is 11.2. The molecule has 0 radical (unpaired) electrons. The van der Waals surface area contributed by atoms with Crippen LogP contribution in [0.5, 0.6) is 0 Å². The van der Waals surface area contributed by atoms with E-state index in [-0.39, 0.29) is 5.41 Å². The minimum Gasteiger partial charge on any atom is -0.330 e. The van der Waals surface area contributed by atoms with E-state index in [0.29, 0.717) is 6.04 Å². The molecule has 21 heavy (non-hydrogen) atoms. The Kier molecular flexibility index (Phi) is 4.10. The van der Waals surface area contributed by atoms with Gasteiger partial charge in [0, 0.05) is 43.2 Å². The second-order valence-corrected chi connectivity index (χ2v) is 7.75. The van der Waals surface area contributed by atoms with Gasteiger partial charge < -0.3 is 14.8 Å². The van der Waals surface area contributed by atoms with Crippen LogP contribution in [0.2, 0.25) is 0 Å². The lowest BCUT2D eigenvalue weighted by molar-refractivity contribution is 0.164. The highest BCUT2D eigenvalue weighted by molar-refractivity contribution is 5.23. The molecule has 0 aliphatic carbocycles. The fraction of sp³-hybridized carbons (Fsp3) is 0.824. The van der Waals surface area contributed by atoms with Gasteiger partial charge in [0.1, 0.15) is 5.82 Å². The van der Waals surface area contributed by atoms with Gasteiger partial charge in [-0.1, -0.05) is 27.2 Å². The first kappa shape index (κ1) is 15.0. The number of hydrogen-bond acceptors (Lipinski definition) is 3. The molecule has 1 fully saturated rings. The second-order valence-electron chi connectivity index (χ2n) is 7.75. The molecule has 3 heterocycles. The normalized spacial score (nSPS) is 24.1. The Morgan fingerprint density at radius 1 is 1.29 bits per heavy atom. The molecule has 1 N–H and O–H groups in total. The Balaban J connectivity index is 1.93. The van der Waals surface area contributed by atoms with Crippen molar-refractivity contribution in [2.24, 2.45) is 0 Å². The highest BCUT2D eigenvalue weighted by Crippen LogP contribution is 2.28. The van der Waals surface area contributed by atoms with E-state index >= 15 is 0 Å². The first-order valence-electron chi connectivity index (χ1n) is 8.46. The van der Waals surface area contributed by atoms with Gasteiger partial charge in [0.2, 0.25) is 0 Å². The molecule has 1 atom stereocenters. The molecule has 0 aromatic carbocycles. The first-order chi connectivity index (χ1) is 9.97. The van der Waals surface area contributed by atoms with Crippen molar-refractivity contribution in [1.29, 1.82) is 0 Å². The van der Waals surface area contributed by atoms with Crippen molar-refractivity contribution in [3.05, 3.63) is 17.2 Å². The van der Waals surface area contributed by atoms with Crippen LogP contribution in [-0.4, -0.2) is 40.6 Å². The number of nitrogens with one attached hydrogen (secondary N) is 1. The Morgan fingerprint density at radius 3 is 2.81 bits per heavy atom. The van der Waals surface area contributed by atoms with E-state index in [2.05, 4.69) is 42.6 Å². The third kappa shape index (κ3) is 3.02. The largest absolute Gasteiger partial charge is 0.330 e. The summed E-state index contributed by atoms with van der Waals surface area (Å²) < 4.78 is 2.56. The summed E-state index contributed by atoms with van der Waals surface area (Å²) in [7, 11) is 2.28. The third-order valence-electron chi connectivity index (χ3n) is 4.97. The van der Waals surface area contributed by atoms with Gasteiger partial charge in [-0.15, -0.1) is 0 Å². The zero-order valence-corrected chi connectivity index (χ0v) is 14.1. The molecule has 3 rings (SSSR count). The van der Waals surface area contributed by atoms with Gasteiger partial charge in [0.15, 0.2) is 0 Å². The van der Waals surface area contributed by atoms with E-state index in [1.54, 1.807) is 0 Å². The summed E-state index contributed by atoms with van der Waals surface area (Å²) in [5, 5.41) is 3.46. The van der Waals surface area contributed by atoms with E-state index in [0.717, 1.165) is 26.1 Å². The lowest BCUT2D eigenvalue weighted by atomic mass is 9.95. The standard InChI is InChI=1S/C17H30N4/c1-17(2,3)16-19-14-11-18-9-8-15(14)21(16)12-13-7-5-6-10-20(13)4/h13,18H,5-12H2,1-4H3. The van der Waals surface area contributed by atoms with Crippen LogP contribution in [0.4, 0.5) is 0 Å². The Hall–Kier alpha value is -0.870. The van der Waals surface area contributed by atoms with Gasteiger partial charge in [-0.05, 0) is 26.4 Å². The molecule has 0 amide bonds. The predicted octanol–water partition coefficient (Wildman–Crippen LogP) is 2.31. The van der Waals surface area contributed by atoms with E-state index in [1.807, 2.05) is 0 Å². The highest BCUT2D eigenvalue weighted by Gasteiger charge is 2.29. The van der Waals surface area contributed by atoms with Gasteiger partial charge in [0.25, 0.3) is 0 Å². The molecule has 1 aromatic heterocycles. The van der Waals surface area contributed by atoms with Crippen molar-refractivity contribution in [3.63, 3.8) is 0 Å². The molecular weight excluding hydrogens is 260 g/mol. The lowest BCUT2D eigenvalue weighted by Crippen LogP contribution is -2.40. The van der Waals surface area contributed by atoms with E-state index in [9.17, 15) is 0 Å². The summed E-state index contributed by atoms with van der Waals surface area (Å²) in [5.74, 6) is 1.27. The maximum Gasteiger partial charge on any atom is 0.114 e. The van der Waals surface area contributed by atoms with Crippen molar-refractivity contribution in [2.45, 2.75) is 71.0 Å². The number of fused-ring (bicyclic) bond motifs is 1. The van der Waals surface area contributed by atoms with Gasteiger partial charge >= 0.3 is 0 Å². The molecule has 1 unspecified atom stereocenters. The fourth-order valence-corrected chi connectivity index (χ4v) is 3.73. The van der Waals surface area contributed by atoms with Crippen LogP contribution < -0.4 is 5.32 Å². The number of nitrogens with zero attached hydrogens (tertiary/aromatic N) is 3. The minimum absolute atomic E-state index is 0.116. The maximum absolute atomic E-state index is 4.99. The Bertz CT molecular complexity index is 498. The fourth-order valence-electron chi connectivity index (χ4n) is 3.73. The Morgan fingerprint density at radius 2 is 2.10 bits per heavy atom. The maximum atomic E-state index is 4.99. The number of likely N-dealkylation sites (tertiary alicyclic amines) is 1. The monoisotopic (exact) mass is 290 g/mol. The number of likely N-dealkylation sites (N-methyl/N-ethyl adjacent to an activating group) is 1. The zero-order chi connectivity index (χ0) is 15.0. The molecule has 4 nitrogen and oxygen atoms in total. The molecule has 2 aliphatic heterocycles. The Labute approximate surface area is 128 Å². The average Bonchev–Trinajstić information content (AvgIpc) is 2.80. The van der Waals surface area contributed by atoms with E-state index in [4.69, 9.17) is 4.98 Å². The van der Waals surface area contributed by atoms with E-state index in [1.165, 1.54) is 43.0 Å². The van der Waals surface area contributed by atoms with Crippen molar-refractivity contribution in [1.82, 2.24) is 19.8 Å². The number of imidazole rings is 1. The molecule has 2 aliphatic rings. The number of aromatic nitrogens is 2. The summed E-state index contributed by atoms with van der Waals surface area (Å²) in [6.07, 6.45) is 5.17. The summed E-state index contributed by atoms with van der Waals surface area (Å²) in [4.78, 5) is 7.54. The minimum atomic E-state index is 0.116. The third-order valence-corrected chi connectivity index (χ3v) is 4.97. The summed E-state index contributed by atoms with van der Waals surface area (Å²) in [5.41, 5.74) is 2.88. The van der Waals surface area contributed by atoms with Crippen LogP contribution in [0.25, 0.3) is 0 Å². The van der Waals surface area contributed by atoms with Crippen molar-refractivity contribution in [2.75, 3.05) is 20.1 Å². The van der Waals surface area contributed by atoms with Crippen molar-refractivity contribution in [3.8, 4) is 0 Å². The van der Waals surface area contributed by atoms with Crippen LogP contribution >= 0.6 is 0 Å². The van der Waals surface area contributed by atoms with Gasteiger partial charge in [0.05, 0.1) is 5.69 Å². The molecule has 1 saturated heterocycles. The van der Waals surface area contributed by atoms with Crippen molar-refractivity contribution < 1.29 is 0 Å². The summed E-state index contributed by atoms with van der Waals surface area (Å²) >= 11 is 0. The van der Waals surface area contributed by atoms with E-state index < -0.39 is 0 Å². The zero-order valence-electron chi connectivity index (χ0n) is 14.1. The molecule has 0 saturated carbocycles.